The predicted molar refractivity (Wildman–Crippen MR) is 83.6 cm³/mol. The highest BCUT2D eigenvalue weighted by atomic mass is 32.2. The molecule has 0 aliphatic heterocycles. The number of imidazole rings is 1. The summed E-state index contributed by atoms with van der Waals surface area (Å²) in [6.07, 6.45) is 2.25. The van der Waals surface area contributed by atoms with Crippen molar-refractivity contribution in [2.24, 2.45) is 0 Å². The molecule has 6 nitrogen and oxygen atoms in total. The van der Waals surface area contributed by atoms with E-state index in [-0.39, 0.29) is 5.75 Å². The molecule has 1 fully saturated rings. The highest BCUT2D eigenvalue weighted by Crippen LogP contribution is 2.40. The predicted octanol–water partition coefficient (Wildman–Crippen LogP) is 1.44. The van der Waals surface area contributed by atoms with Gasteiger partial charge in [0, 0.05) is 24.7 Å². The van der Waals surface area contributed by atoms with Gasteiger partial charge in [0.15, 0.2) is 0 Å². The molecular weight excluding hydrogens is 288 g/mol. The van der Waals surface area contributed by atoms with E-state index in [0.717, 1.165) is 29.7 Å². The molecule has 7 heteroatoms. The Morgan fingerprint density at radius 2 is 2.19 bits per heavy atom. The number of nitrogens with two attached hydrogens (primary N) is 1. The van der Waals surface area contributed by atoms with E-state index in [1.54, 1.807) is 6.92 Å². The van der Waals surface area contributed by atoms with Crippen LogP contribution in [-0.4, -0.2) is 30.3 Å². The van der Waals surface area contributed by atoms with Crippen LogP contribution in [0.2, 0.25) is 0 Å². The minimum absolute atomic E-state index is 0.0659. The maximum atomic E-state index is 11.8. The summed E-state index contributed by atoms with van der Waals surface area (Å²) >= 11 is 0. The van der Waals surface area contributed by atoms with E-state index >= 15 is 0 Å². The van der Waals surface area contributed by atoms with Crippen LogP contribution >= 0.6 is 0 Å². The van der Waals surface area contributed by atoms with Crippen LogP contribution in [0.4, 0.5) is 5.69 Å². The van der Waals surface area contributed by atoms with Crippen molar-refractivity contribution in [2.75, 3.05) is 18.0 Å². The van der Waals surface area contributed by atoms with Gasteiger partial charge in [0.2, 0.25) is 10.0 Å². The lowest BCUT2D eigenvalue weighted by molar-refractivity contribution is 0.576. The van der Waals surface area contributed by atoms with Crippen LogP contribution in [0.5, 0.6) is 0 Å². The van der Waals surface area contributed by atoms with Crippen molar-refractivity contribution in [3.8, 4) is 0 Å². The van der Waals surface area contributed by atoms with Crippen molar-refractivity contribution < 1.29 is 8.42 Å². The first-order valence-electron chi connectivity index (χ1n) is 7.23. The fourth-order valence-electron chi connectivity index (χ4n) is 2.56. The van der Waals surface area contributed by atoms with Crippen LogP contribution in [0.25, 0.3) is 11.0 Å². The van der Waals surface area contributed by atoms with Crippen molar-refractivity contribution in [2.45, 2.75) is 32.2 Å². The Hall–Kier alpha value is -1.60. The number of aryl methyl sites for hydroxylation is 1. The summed E-state index contributed by atoms with van der Waals surface area (Å²) in [4.78, 5) is 4.65. The van der Waals surface area contributed by atoms with Crippen LogP contribution in [0.15, 0.2) is 18.2 Å². The number of nitrogens with zero attached hydrogens (tertiary/aromatic N) is 2. The Labute approximate surface area is 124 Å². The summed E-state index contributed by atoms with van der Waals surface area (Å²) in [6, 6.07) is 5.59. The van der Waals surface area contributed by atoms with Crippen LogP contribution in [0, 0.1) is 0 Å². The largest absolute Gasteiger partial charge is 0.399 e. The maximum absolute atomic E-state index is 11.8. The summed E-state index contributed by atoms with van der Waals surface area (Å²) in [6.45, 7) is 2.61. The van der Waals surface area contributed by atoms with Gasteiger partial charge in [0.1, 0.15) is 5.82 Å². The highest BCUT2D eigenvalue weighted by molar-refractivity contribution is 7.89. The number of anilines is 1. The van der Waals surface area contributed by atoms with E-state index in [9.17, 15) is 8.42 Å². The number of hydrogen-bond donors (Lipinski definition) is 2. The first kappa shape index (κ1) is 14.3. The molecule has 0 bridgehead atoms. The van der Waals surface area contributed by atoms with Gasteiger partial charge in [0.05, 0.1) is 16.8 Å². The molecule has 0 radical (unpaired) electrons. The lowest BCUT2D eigenvalue weighted by atomic mass is 10.3. The lowest BCUT2D eigenvalue weighted by Crippen LogP contribution is -2.28. The Morgan fingerprint density at radius 1 is 1.43 bits per heavy atom. The topological polar surface area (TPSA) is 90.0 Å². The van der Waals surface area contributed by atoms with Gasteiger partial charge in [-0.3, -0.25) is 0 Å². The molecule has 2 aromatic rings. The zero-order chi connectivity index (χ0) is 15.0. The number of nitrogen functional groups attached to an aromatic ring is 1. The molecular formula is C14H20N4O2S. The Bertz CT molecular complexity index is 763. The summed E-state index contributed by atoms with van der Waals surface area (Å²) in [5.74, 6) is 1.51. The number of benzene rings is 1. The minimum Gasteiger partial charge on any atom is -0.399 e. The lowest BCUT2D eigenvalue weighted by Gasteiger charge is -2.09. The zero-order valence-electron chi connectivity index (χ0n) is 12.0. The molecule has 1 aliphatic rings. The minimum atomic E-state index is -3.23. The molecule has 3 rings (SSSR count). The van der Waals surface area contributed by atoms with Crippen molar-refractivity contribution in [3.63, 3.8) is 0 Å². The molecule has 0 unspecified atom stereocenters. The number of rotatable bonds is 6. The van der Waals surface area contributed by atoms with Crippen molar-refractivity contribution >= 4 is 26.7 Å². The van der Waals surface area contributed by atoms with E-state index in [4.69, 9.17) is 5.73 Å². The van der Waals surface area contributed by atoms with E-state index in [1.165, 1.54) is 0 Å². The third-order valence-electron chi connectivity index (χ3n) is 3.69. The van der Waals surface area contributed by atoms with E-state index in [1.807, 2.05) is 22.8 Å². The fraction of sp³-hybridized carbons (Fsp3) is 0.500. The standard InChI is InChI=1S/C14H20N4O2S/c1-2-16-21(19,20)8-7-18-13-6-5-11(15)9-12(13)17-14(18)10-3-4-10/h5-6,9-10,16H,2-4,7-8,15H2,1H3. The third-order valence-corrected chi connectivity index (χ3v) is 5.14. The smallest absolute Gasteiger partial charge is 0.213 e. The molecule has 21 heavy (non-hydrogen) atoms. The monoisotopic (exact) mass is 308 g/mol. The molecule has 114 valence electrons. The summed E-state index contributed by atoms with van der Waals surface area (Å²) in [7, 11) is -3.23. The second-order valence-electron chi connectivity index (χ2n) is 5.46. The van der Waals surface area contributed by atoms with Gasteiger partial charge in [-0.1, -0.05) is 6.92 Å². The number of aromatic nitrogens is 2. The van der Waals surface area contributed by atoms with Crippen LogP contribution in [0.1, 0.15) is 31.5 Å². The van der Waals surface area contributed by atoms with E-state index in [0.29, 0.717) is 24.7 Å². The number of sulfonamides is 1. The molecule has 1 saturated carbocycles. The second kappa shape index (κ2) is 5.31. The normalized spacial score (nSPS) is 15.7. The maximum Gasteiger partial charge on any atom is 0.213 e. The molecule has 3 N–H and O–H groups in total. The Morgan fingerprint density at radius 3 is 2.86 bits per heavy atom. The Kier molecular flexibility index (Phi) is 3.62. The third kappa shape index (κ3) is 3.03. The summed E-state index contributed by atoms with van der Waals surface area (Å²) in [5, 5.41) is 0. The molecule has 1 aromatic carbocycles. The number of hydrogen-bond acceptors (Lipinski definition) is 4. The van der Waals surface area contributed by atoms with E-state index < -0.39 is 10.0 Å². The van der Waals surface area contributed by atoms with E-state index in [2.05, 4.69) is 9.71 Å². The fourth-order valence-corrected chi connectivity index (χ4v) is 3.56. The summed E-state index contributed by atoms with van der Waals surface area (Å²) < 4.78 is 28.2. The number of nitrogens with one attached hydrogen (secondary N) is 1. The van der Waals surface area contributed by atoms with Crippen molar-refractivity contribution in [1.82, 2.24) is 14.3 Å². The van der Waals surface area contributed by atoms with Crippen molar-refractivity contribution in [1.29, 1.82) is 0 Å². The van der Waals surface area contributed by atoms with Gasteiger partial charge in [0.25, 0.3) is 0 Å². The molecule has 0 spiro atoms. The van der Waals surface area contributed by atoms with Gasteiger partial charge >= 0.3 is 0 Å². The van der Waals surface area contributed by atoms with Gasteiger partial charge in [-0.2, -0.15) is 0 Å². The molecule has 0 saturated heterocycles. The average Bonchev–Trinajstić information content (AvgIpc) is 3.19. The number of fused-ring (bicyclic) bond motifs is 1. The molecule has 1 heterocycles. The molecule has 1 aliphatic carbocycles. The summed E-state index contributed by atoms with van der Waals surface area (Å²) in [5.41, 5.74) is 8.28. The first-order chi connectivity index (χ1) is 10.00. The van der Waals surface area contributed by atoms with Crippen LogP contribution in [0.3, 0.4) is 0 Å². The van der Waals surface area contributed by atoms with Gasteiger partial charge in [-0.25, -0.2) is 18.1 Å². The average molecular weight is 308 g/mol. The highest BCUT2D eigenvalue weighted by Gasteiger charge is 2.29. The molecule has 1 aromatic heterocycles. The van der Waals surface area contributed by atoms with Gasteiger partial charge < -0.3 is 10.3 Å². The zero-order valence-corrected chi connectivity index (χ0v) is 12.9. The molecule has 0 atom stereocenters. The first-order valence-corrected chi connectivity index (χ1v) is 8.88. The van der Waals surface area contributed by atoms with Gasteiger partial charge in [-0.15, -0.1) is 0 Å². The quantitative estimate of drug-likeness (QED) is 0.790. The molecule has 0 amide bonds. The van der Waals surface area contributed by atoms with Crippen LogP contribution < -0.4 is 10.5 Å². The van der Waals surface area contributed by atoms with Gasteiger partial charge in [-0.05, 0) is 31.0 Å². The Balaban J connectivity index is 1.94. The van der Waals surface area contributed by atoms with Crippen molar-refractivity contribution in [3.05, 3.63) is 24.0 Å². The van der Waals surface area contributed by atoms with Crippen LogP contribution in [-0.2, 0) is 16.6 Å². The second-order valence-corrected chi connectivity index (χ2v) is 7.39. The SMILES string of the molecule is CCNS(=O)(=O)CCn1c(C2CC2)nc2cc(N)ccc21.